The maximum absolute atomic E-state index is 13.6. The molecule has 0 spiro atoms. The molecule has 0 bridgehead atoms. The van der Waals surface area contributed by atoms with Crippen molar-refractivity contribution in [3.8, 4) is 0 Å². The van der Waals surface area contributed by atoms with Crippen molar-refractivity contribution in [3.63, 3.8) is 0 Å². The van der Waals surface area contributed by atoms with Crippen molar-refractivity contribution in [2.75, 3.05) is 0 Å². The van der Waals surface area contributed by atoms with Crippen molar-refractivity contribution in [2.24, 2.45) is 0 Å². The Morgan fingerprint density at radius 2 is 1.71 bits per heavy atom. The number of benzene rings is 1. The number of hydrogen-bond acceptors (Lipinski definition) is 2. The maximum Gasteiger partial charge on any atom is 0.147 e. The summed E-state index contributed by atoms with van der Waals surface area (Å²) in [7, 11) is 0. The van der Waals surface area contributed by atoms with Crippen LogP contribution in [0.1, 0.15) is 18.1 Å². The molecule has 0 amide bonds. The fraction of sp³-hybridized carbons (Fsp3) is 0.154. The molecule has 0 aliphatic heterocycles. The van der Waals surface area contributed by atoms with E-state index in [1.54, 1.807) is 6.07 Å². The van der Waals surface area contributed by atoms with Crippen LogP contribution in [0.25, 0.3) is 0 Å². The van der Waals surface area contributed by atoms with Gasteiger partial charge in [-0.15, -0.1) is 0 Å². The van der Waals surface area contributed by atoms with E-state index >= 15 is 0 Å². The molecule has 2 rings (SSSR count). The Bertz CT molecular complexity index is 493. The fourth-order valence-electron chi connectivity index (χ4n) is 1.77. The summed E-state index contributed by atoms with van der Waals surface area (Å²) in [6.07, 6.45) is 2.35. The second kappa shape index (κ2) is 4.22. The molecule has 0 saturated heterocycles. The second-order valence-corrected chi connectivity index (χ2v) is 3.91. The SMILES string of the molecule is CC(O)(c1ccccc1F)c1ccncc1F. The smallest absolute Gasteiger partial charge is 0.147 e. The van der Waals surface area contributed by atoms with Gasteiger partial charge in [-0.1, -0.05) is 18.2 Å². The third-order valence-corrected chi connectivity index (χ3v) is 2.70. The Morgan fingerprint density at radius 1 is 1.06 bits per heavy atom. The lowest BCUT2D eigenvalue weighted by molar-refractivity contribution is 0.0936. The van der Waals surface area contributed by atoms with E-state index in [2.05, 4.69) is 4.98 Å². The number of rotatable bonds is 2. The van der Waals surface area contributed by atoms with Crippen LogP contribution in [0.4, 0.5) is 8.78 Å². The van der Waals surface area contributed by atoms with Gasteiger partial charge in [-0.2, -0.15) is 0 Å². The molecule has 4 heteroatoms. The molecule has 0 fully saturated rings. The highest BCUT2D eigenvalue weighted by atomic mass is 19.1. The van der Waals surface area contributed by atoms with Crippen molar-refractivity contribution in [3.05, 3.63) is 65.5 Å². The summed E-state index contributed by atoms with van der Waals surface area (Å²) in [5.41, 5.74) is -1.69. The van der Waals surface area contributed by atoms with Crippen molar-refractivity contribution in [1.82, 2.24) is 4.98 Å². The van der Waals surface area contributed by atoms with Crippen LogP contribution < -0.4 is 0 Å². The van der Waals surface area contributed by atoms with Crippen molar-refractivity contribution >= 4 is 0 Å². The minimum atomic E-state index is -1.72. The van der Waals surface area contributed by atoms with E-state index in [1.165, 1.54) is 37.4 Å². The highest BCUT2D eigenvalue weighted by Crippen LogP contribution is 2.31. The van der Waals surface area contributed by atoms with Crippen LogP contribution in [0.2, 0.25) is 0 Å². The highest BCUT2D eigenvalue weighted by Gasteiger charge is 2.31. The van der Waals surface area contributed by atoms with Gasteiger partial charge in [0.25, 0.3) is 0 Å². The van der Waals surface area contributed by atoms with Gasteiger partial charge >= 0.3 is 0 Å². The second-order valence-electron chi connectivity index (χ2n) is 3.91. The summed E-state index contributed by atoms with van der Waals surface area (Å²) in [4.78, 5) is 3.59. The first-order chi connectivity index (χ1) is 8.03. The first-order valence-corrected chi connectivity index (χ1v) is 5.11. The van der Waals surface area contributed by atoms with Crippen LogP contribution in [0.5, 0.6) is 0 Å². The minimum Gasteiger partial charge on any atom is -0.380 e. The molecule has 0 aliphatic carbocycles. The largest absolute Gasteiger partial charge is 0.380 e. The third kappa shape index (κ3) is 2.03. The normalized spacial score (nSPS) is 14.4. The summed E-state index contributed by atoms with van der Waals surface area (Å²) in [6.45, 7) is 1.35. The molecule has 17 heavy (non-hydrogen) atoms. The van der Waals surface area contributed by atoms with E-state index < -0.39 is 17.2 Å². The summed E-state index contributed by atoms with van der Waals surface area (Å²) < 4.78 is 27.2. The zero-order valence-electron chi connectivity index (χ0n) is 9.19. The zero-order chi connectivity index (χ0) is 12.5. The highest BCUT2D eigenvalue weighted by molar-refractivity contribution is 5.35. The lowest BCUT2D eigenvalue weighted by Crippen LogP contribution is -2.25. The van der Waals surface area contributed by atoms with E-state index in [4.69, 9.17) is 0 Å². The summed E-state index contributed by atoms with van der Waals surface area (Å²) in [5.74, 6) is -1.24. The zero-order valence-corrected chi connectivity index (χ0v) is 9.19. The monoisotopic (exact) mass is 235 g/mol. The minimum absolute atomic E-state index is 0.00222. The van der Waals surface area contributed by atoms with E-state index in [1.807, 2.05) is 0 Å². The van der Waals surface area contributed by atoms with Gasteiger partial charge in [-0.25, -0.2) is 8.78 Å². The van der Waals surface area contributed by atoms with Gasteiger partial charge in [0.15, 0.2) is 0 Å². The van der Waals surface area contributed by atoms with Crippen LogP contribution >= 0.6 is 0 Å². The molecule has 2 nitrogen and oxygen atoms in total. The van der Waals surface area contributed by atoms with Crippen LogP contribution in [0.3, 0.4) is 0 Å². The van der Waals surface area contributed by atoms with Crippen molar-refractivity contribution in [1.29, 1.82) is 0 Å². The van der Waals surface area contributed by atoms with Gasteiger partial charge in [0.05, 0.1) is 6.20 Å². The molecule has 1 aromatic carbocycles. The number of aromatic nitrogens is 1. The summed E-state index contributed by atoms with van der Waals surface area (Å²) >= 11 is 0. The average Bonchev–Trinajstić information content (AvgIpc) is 2.29. The first kappa shape index (κ1) is 11.7. The Hall–Kier alpha value is -1.81. The van der Waals surface area contributed by atoms with E-state index in [-0.39, 0.29) is 11.1 Å². The average molecular weight is 235 g/mol. The number of hydrogen-bond donors (Lipinski definition) is 1. The Kier molecular flexibility index (Phi) is 2.90. The summed E-state index contributed by atoms with van der Waals surface area (Å²) in [5, 5.41) is 10.3. The predicted molar refractivity (Wildman–Crippen MR) is 59.3 cm³/mol. The number of halogens is 2. The number of pyridine rings is 1. The van der Waals surface area contributed by atoms with Gasteiger partial charge in [0, 0.05) is 17.3 Å². The maximum atomic E-state index is 13.6. The summed E-state index contributed by atoms with van der Waals surface area (Å²) in [6, 6.07) is 7.09. The Labute approximate surface area is 97.6 Å². The van der Waals surface area contributed by atoms with E-state index in [0.29, 0.717) is 0 Å². The lowest BCUT2D eigenvalue weighted by atomic mass is 9.88. The molecule has 1 aromatic heterocycles. The fourth-order valence-corrected chi connectivity index (χ4v) is 1.77. The Balaban J connectivity index is 2.58. The van der Waals surface area contributed by atoms with Crippen LogP contribution in [0.15, 0.2) is 42.7 Å². The standard InChI is InChI=1S/C13H11F2NO/c1-13(17,9-4-2-3-5-11(9)14)10-6-7-16-8-12(10)15/h2-8,17H,1H3. The molecule has 0 saturated carbocycles. The molecule has 0 radical (unpaired) electrons. The van der Waals surface area contributed by atoms with Gasteiger partial charge < -0.3 is 5.11 Å². The van der Waals surface area contributed by atoms with E-state index in [0.717, 1.165) is 6.20 Å². The molecular weight excluding hydrogens is 224 g/mol. The molecule has 1 N–H and O–H groups in total. The van der Waals surface area contributed by atoms with Gasteiger partial charge in [0.2, 0.25) is 0 Å². The molecule has 88 valence electrons. The molecule has 1 heterocycles. The third-order valence-electron chi connectivity index (χ3n) is 2.70. The quantitative estimate of drug-likeness (QED) is 0.868. The van der Waals surface area contributed by atoms with Gasteiger partial charge in [-0.05, 0) is 19.1 Å². The van der Waals surface area contributed by atoms with Crippen LogP contribution in [-0.2, 0) is 5.60 Å². The lowest BCUT2D eigenvalue weighted by Gasteiger charge is -2.25. The number of nitrogens with zero attached hydrogens (tertiary/aromatic N) is 1. The first-order valence-electron chi connectivity index (χ1n) is 5.11. The molecule has 2 aromatic rings. The van der Waals surface area contributed by atoms with E-state index in [9.17, 15) is 13.9 Å². The van der Waals surface area contributed by atoms with Crippen molar-refractivity contribution in [2.45, 2.75) is 12.5 Å². The van der Waals surface area contributed by atoms with Crippen LogP contribution in [0, 0.1) is 11.6 Å². The van der Waals surface area contributed by atoms with Crippen LogP contribution in [-0.4, -0.2) is 10.1 Å². The number of aliphatic hydroxyl groups is 1. The predicted octanol–water partition coefficient (Wildman–Crippen LogP) is 2.62. The van der Waals surface area contributed by atoms with Gasteiger partial charge in [0.1, 0.15) is 17.2 Å². The topological polar surface area (TPSA) is 33.1 Å². The molecule has 0 aliphatic rings. The Morgan fingerprint density at radius 3 is 2.35 bits per heavy atom. The molecule has 1 unspecified atom stereocenters. The molecular formula is C13H11F2NO. The molecule has 1 atom stereocenters. The van der Waals surface area contributed by atoms with Crippen molar-refractivity contribution < 1.29 is 13.9 Å². The van der Waals surface area contributed by atoms with Gasteiger partial charge in [-0.3, -0.25) is 4.98 Å².